The van der Waals surface area contributed by atoms with E-state index in [1.807, 2.05) is 18.7 Å². The van der Waals surface area contributed by atoms with Crippen LogP contribution in [-0.2, 0) is 14.3 Å². The van der Waals surface area contributed by atoms with Crippen LogP contribution in [0.5, 0.6) is 0 Å². The topological polar surface area (TPSA) is 119 Å². The lowest BCUT2D eigenvalue weighted by atomic mass is 9.71. The van der Waals surface area contributed by atoms with Gasteiger partial charge in [0.2, 0.25) is 5.91 Å². The Hall–Kier alpha value is -1.61. The van der Waals surface area contributed by atoms with Gasteiger partial charge in [0.1, 0.15) is 18.4 Å². The summed E-state index contributed by atoms with van der Waals surface area (Å²) in [6, 6.07) is -2.02. The molecular formula is C34H55ClF2N6O5. The third-order valence-electron chi connectivity index (χ3n) is 12.1. The molecule has 14 heteroatoms. The Morgan fingerprint density at radius 2 is 1.98 bits per heavy atom. The second-order valence-electron chi connectivity index (χ2n) is 15.1. The van der Waals surface area contributed by atoms with Crippen LogP contribution in [0.4, 0.5) is 13.6 Å². The van der Waals surface area contributed by atoms with Crippen LogP contribution >= 0.6 is 11.6 Å². The van der Waals surface area contributed by atoms with Crippen LogP contribution in [0.3, 0.4) is 0 Å². The fourth-order valence-electron chi connectivity index (χ4n) is 9.75. The van der Waals surface area contributed by atoms with Crippen LogP contribution in [0.15, 0.2) is 12.7 Å². The van der Waals surface area contributed by atoms with Crippen molar-refractivity contribution in [2.24, 2.45) is 23.7 Å². The van der Waals surface area contributed by atoms with Gasteiger partial charge < -0.3 is 35.0 Å². The van der Waals surface area contributed by atoms with Gasteiger partial charge >= 0.3 is 6.03 Å². The average Bonchev–Trinajstić information content (AvgIpc) is 3.06. The van der Waals surface area contributed by atoms with E-state index in [0.29, 0.717) is 52.0 Å². The van der Waals surface area contributed by atoms with E-state index in [4.69, 9.17) is 21.1 Å². The Labute approximate surface area is 288 Å². The van der Waals surface area contributed by atoms with Gasteiger partial charge in [-0.05, 0) is 58.1 Å². The molecule has 0 aromatic carbocycles. The lowest BCUT2D eigenvalue weighted by Gasteiger charge is -2.60. The number of hydrogen-bond donors (Lipinski definition) is 4. The molecule has 15 atom stereocenters. The van der Waals surface area contributed by atoms with Crippen LogP contribution < -0.4 is 16.0 Å². The largest absolute Gasteiger partial charge is 0.390 e. The molecule has 1 saturated carbocycles. The average molecular weight is 701 g/mol. The van der Waals surface area contributed by atoms with E-state index in [1.165, 1.54) is 6.08 Å². The van der Waals surface area contributed by atoms with E-state index in [0.717, 1.165) is 0 Å². The number of aliphatic hydroxyl groups excluding tert-OH is 1. The Balaban J connectivity index is 1.43. The fourth-order valence-corrected chi connectivity index (χ4v) is 10.0. The van der Waals surface area contributed by atoms with Crippen LogP contribution in [-0.4, -0.2) is 144 Å². The molecule has 6 rings (SSSR count). The number of rotatable bonds is 5. The van der Waals surface area contributed by atoms with Crippen molar-refractivity contribution in [3.8, 4) is 0 Å². The van der Waals surface area contributed by atoms with Crippen molar-refractivity contribution in [3.05, 3.63) is 12.7 Å². The van der Waals surface area contributed by atoms with Crippen LogP contribution in [0.25, 0.3) is 0 Å². The van der Waals surface area contributed by atoms with Crippen molar-refractivity contribution in [1.82, 2.24) is 30.7 Å². The number of amides is 3. The number of nitrogens with one attached hydrogen (secondary N) is 3. The highest BCUT2D eigenvalue weighted by Crippen LogP contribution is 2.44. The molecule has 6 aliphatic rings. The van der Waals surface area contributed by atoms with Gasteiger partial charge in [-0.25, -0.2) is 13.6 Å². The van der Waals surface area contributed by atoms with Gasteiger partial charge in [0.25, 0.3) is 0 Å². The van der Waals surface area contributed by atoms with Crippen molar-refractivity contribution in [1.29, 1.82) is 0 Å². The predicted octanol–water partition coefficient (Wildman–Crippen LogP) is 2.22. The van der Waals surface area contributed by atoms with E-state index in [2.05, 4.69) is 41.3 Å². The lowest BCUT2D eigenvalue weighted by Crippen LogP contribution is -2.80. The molecule has 0 aromatic heterocycles. The number of fused-ring (bicyclic) bond motifs is 5. The molecule has 6 fully saturated rings. The first kappa shape index (κ1) is 36.2. The van der Waals surface area contributed by atoms with Crippen LogP contribution in [0, 0.1) is 23.7 Å². The molecular weight excluding hydrogens is 646 g/mol. The van der Waals surface area contributed by atoms with Gasteiger partial charge in [0, 0.05) is 62.1 Å². The normalized spacial score (nSPS) is 45.7. The van der Waals surface area contributed by atoms with Gasteiger partial charge in [-0.3, -0.25) is 15.0 Å². The van der Waals surface area contributed by atoms with E-state index in [-0.39, 0.29) is 48.9 Å². The molecule has 0 radical (unpaired) electrons. The van der Waals surface area contributed by atoms with E-state index < -0.39 is 72.3 Å². The van der Waals surface area contributed by atoms with Gasteiger partial charge in [-0.2, -0.15) is 0 Å². The molecule has 5 heterocycles. The third kappa shape index (κ3) is 6.62. The molecule has 272 valence electrons. The maximum atomic E-state index is 16.8. The molecule has 2 bridgehead atoms. The number of piperidine rings is 2. The monoisotopic (exact) mass is 700 g/mol. The Morgan fingerprint density at radius 1 is 1.21 bits per heavy atom. The van der Waals surface area contributed by atoms with Crippen molar-refractivity contribution >= 4 is 23.5 Å². The molecule has 3 amide bonds. The number of alkyl halides is 3. The standard InChI is InChI=1S/C34H55ClF2N6O5/c1-6-25(44)41-12-13-42(18(5)15-41)32-20-14-22(36)29-26-23(9-8-21(35)27(26)37)48-16-24(47-7-2)31(45)19-10-11-38-28(17(3)4)30(19)43(33(20)39-29)34(46)40-32/h6,17-24,26-33,38-39,45H,1,7-16H2,2-5H3,(H,40,46)/t18-,19?,20?,21?,22?,23?,24?,26?,27?,28?,29?,30?,31?,32?,33?/m0/s1. The van der Waals surface area contributed by atoms with Crippen molar-refractivity contribution in [2.45, 2.75) is 126 Å². The molecule has 1 aliphatic carbocycles. The summed E-state index contributed by atoms with van der Waals surface area (Å²) in [5, 5.41) is 21.7. The van der Waals surface area contributed by atoms with Crippen molar-refractivity contribution < 1.29 is 33.0 Å². The SMILES string of the molecule is C=CC(=O)N1CCN(C2NC(=O)N3C4NC(C(F)CC42)C2C(CCC(Cl)C2F)OCC(OCC)C(O)C2CCNC(C(C)C)C23)[C@@H](C)C1. The van der Waals surface area contributed by atoms with Gasteiger partial charge in [-0.15, -0.1) is 11.6 Å². The summed E-state index contributed by atoms with van der Waals surface area (Å²) in [6.45, 7) is 14.1. The number of urea groups is 1. The zero-order valence-corrected chi connectivity index (χ0v) is 29.4. The first-order chi connectivity index (χ1) is 23.0. The molecule has 0 spiro atoms. The summed E-state index contributed by atoms with van der Waals surface area (Å²) in [5.74, 6) is -1.71. The molecule has 4 N–H and O–H groups in total. The number of carbonyl (C=O) groups excluding carboxylic acids is 2. The summed E-state index contributed by atoms with van der Waals surface area (Å²) >= 11 is 6.52. The Kier molecular flexibility index (Phi) is 11.3. The zero-order valence-electron chi connectivity index (χ0n) is 28.6. The Bertz CT molecular complexity index is 1180. The molecule has 5 saturated heterocycles. The van der Waals surface area contributed by atoms with E-state index in [9.17, 15) is 14.7 Å². The summed E-state index contributed by atoms with van der Waals surface area (Å²) in [7, 11) is 0. The Morgan fingerprint density at radius 3 is 2.67 bits per heavy atom. The number of piperazine rings is 1. The molecule has 48 heavy (non-hydrogen) atoms. The molecule has 0 aromatic rings. The van der Waals surface area contributed by atoms with E-state index >= 15 is 8.78 Å². The highest BCUT2D eigenvalue weighted by atomic mass is 35.5. The van der Waals surface area contributed by atoms with Crippen LogP contribution in [0.1, 0.15) is 53.4 Å². The van der Waals surface area contributed by atoms with Crippen LogP contribution in [0.2, 0.25) is 0 Å². The quantitative estimate of drug-likeness (QED) is 0.255. The number of halogens is 3. The summed E-state index contributed by atoms with van der Waals surface area (Å²) in [6.07, 6.45) is -3.61. The second-order valence-corrected chi connectivity index (χ2v) is 15.6. The van der Waals surface area contributed by atoms with Gasteiger partial charge in [0.15, 0.2) is 0 Å². The summed E-state index contributed by atoms with van der Waals surface area (Å²) < 4.78 is 45.5. The number of nitrogens with zero attached hydrogens (tertiary/aromatic N) is 3. The number of aliphatic hydroxyl groups is 1. The number of carbonyl (C=O) groups is 2. The summed E-state index contributed by atoms with van der Waals surface area (Å²) in [5.41, 5.74) is 0. The highest BCUT2D eigenvalue weighted by Gasteiger charge is 2.59. The van der Waals surface area contributed by atoms with Gasteiger partial charge in [0.05, 0.1) is 42.6 Å². The minimum absolute atomic E-state index is 0.0288. The smallest absolute Gasteiger partial charge is 0.320 e. The van der Waals surface area contributed by atoms with Crippen molar-refractivity contribution in [2.75, 3.05) is 39.4 Å². The molecule has 5 aliphatic heterocycles. The molecule has 14 unspecified atom stereocenters. The van der Waals surface area contributed by atoms with E-state index in [1.54, 1.807) is 4.90 Å². The minimum Gasteiger partial charge on any atom is -0.390 e. The molecule has 11 nitrogen and oxygen atoms in total. The van der Waals surface area contributed by atoms with Crippen molar-refractivity contribution in [3.63, 3.8) is 0 Å². The highest BCUT2D eigenvalue weighted by molar-refractivity contribution is 6.21. The minimum atomic E-state index is -1.53. The first-order valence-corrected chi connectivity index (χ1v) is 18.5. The first-order valence-electron chi connectivity index (χ1n) is 18.1. The second kappa shape index (κ2) is 14.9. The summed E-state index contributed by atoms with van der Waals surface area (Å²) in [4.78, 5) is 32.8. The zero-order chi connectivity index (χ0) is 34.4. The number of hydrogen-bond acceptors (Lipinski definition) is 8. The maximum Gasteiger partial charge on any atom is 0.320 e. The van der Waals surface area contributed by atoms with Gasteiger partial charge in [-0.1, -0.05) is 20.4 Å². The number of ether oxygens (including phenoxy) is 2. The maximum absolute atomic E-state index is 16.8. The third-order valence-corrected chi connectivity index (χ3v) is 12.5. The predicted molar refractivity (Wildman–Crippen MR) is 178 cm³/mol. The lowest BCUT2D eigenvalue weighted by molar-refractivity contribution is -0.165. The fraction of sp³-hybridized carbons (Fsp3) is 0.882.